The highest BCUT2D eigenvalue weighted by Gasteiger charge is 2.32. The van der Waals surface area contributed by atoms with Crippen LogP contribution in [0, 0.1) is 5.82 Å². The van der Waals surface area contributed by atoms with E-state index in [9.17, 15) is 4.39 Å². The standard InChI is InChI=1S/C17H26ClFN2/c1-4-17(5-2)12-21(13(3)8-9-20-17)11-14-6-7-16(19)15(18)10-14/h6-7,10,13,20H,4-5,8-9,11-12H2,1-3H3. The third-order valence-corrected chi connectivity index (χ3v) is 5.20. The van der Waals surface area contributed by atoms with Gasteiger partial charge in [0.25, 0.3) is 0 Å². The number of benzene rings is 1. The lowest BCUT2D eigenvalue weighted by molar-refractivity contribution is 0.152. The molecule has 1 unspecified atom stereocenters. The smallest absolute Gasteiger partial charge is 0.141 e. The normalized spacial score (nSPS) is 23.0. The second kappa shape index (κ2) is 7.08. The fraction of sp³-hybridized carbons (Fsp3) is 0.647. The van der Waals surface area contributed by atoms with E-state index >= 15 is 0 Å². The van der Waals surface area contributed by atoms with Crippen molar-refractivity contribution < 1.29 is 4.39 Å². The molecular formula is C17H26ClFN2. The maximum atomic E-state index is 13.3. The van der Waals surface area contributed by atoms with Crippen LogP contribution in [0.4, 0.5) is 4.39 Å². The third-order valence-electron chi connectivity index (χ3n) is 4.91. The van der Waals surface area contributed by atoms with Crippen LogP contribution in [-0.2, 0) is 6.54 Å². The first-order valence-electron chi connectivity index (χ1n) is 7.92. The second-order valence-corrected chi connectivity index (χ2v) is 6.61. The Kier molecular flexibility index (Phi) is 5.64. The Morgan fingerprint density at radius 1 is 1.38 bits per heavy atom. The van der Waals surface area contributed by atoms with Gasteiger partial charge < -0.3 is 5.32 Å². The minimum atomic E-state index is -0.345. The summed E-state index contributed by atoms with van der Waals surface area (Å²) >= 11 is 5.90. The lowest BCUT2D eigenvalue weighted by atomic mass is 9.92. The number of rotatable bonds is 4. The van der Waals surface area contributed by atoms with Crippen molar-refractivity contribution in [1.29, 1.82) is 0 Å². The van der Waals surface area contributed by atoms with Crippen LogP contribution in [0.15, 0.2) is 18.2 Å². The van der Waals surface area contributed by atoms with Crippen molar-refractivity contribution in [3.05, 3.63) is 34.6 Å². The fourth-order valence-corrected chi connectivity index (χ4v) is 3.34. The summed E-state index contributed by atoms with van der Waals surface area (Å²) in [5.74, 6) is -0.345. The van der Waals surface area contributed by atoms with E-state index in [0.717, 1.165) is 44.5 Å². The van der Waals surface area contributed by atoms with Crippen LogP contribution < -0.4 is 5.32 Å². The van der Waals surface area contributed by atoms with Crippen LogP contribution in [-0.4, -0.2) is 29.6 Å². The number of hydrogen-bond acceptors (Lipinski definition) is 2. The average molecular weight is 313 g/mol. The zero-order valence-electron chi connectivity index (χ0n) is 13.3. The van der Waals surface area contributed by atoms with Gasteiger partial charge >= 0.3 is 0 Å². The molecule has 2 nitrogen and oxygen atoms in total. The average Bonchev–Trinajstić information content (AvgIpc) is 2.63. The predicted molar refractivity (Wildman–Crippen MR) is 87.2 cm³/mol. The number of nitrogens with zero attached hydrogens (tertiary/aromatic N) is 1. The molecule has 0 radical (unpaired) electrons. The minimum absolute atomic E-state index is 0.189. The van der Waals surface area contributed by atoms with Gasteiger partial charge in [0.05, 0.1) is 5.02 Å². The topological polar surface area (TPSA) is 15.3 Å². The molecule has 2 rings (SSSR count). The molecule has 1 aromatic carbocycles. The van der Waals surface area contributed by atoms with Crippen LogP contribution in [0.3, 0.4) is 0 Å². The highest BCUT2D eigenvalue weighted by molar-refractivity contribution is 6.30. The van der Waals surface area contributed by atoms with Gasteiger partial charge in [-0.15, -0.1) is 0 Å². The lowest BCUT2D eigenvalue weighted by Gasteiger charge is -2.37. The molecule has 1 N–H and O–H groups in total. The summed E-state index contributed by atoms with van der Waals surface area (Å²) in [5, 5.41) is 3.95. The molecule has 1 aliphatic heterocycles. The van der Waals surface area contributed by atoms with Gasteiger partial charge in [0.1, 0.15) is 5.82 Å². The molecule has 1 saturated heterocycles. The van der Waals surface area contributed by atoms with Gasteiger partial charge in [-0.25, -0.2) is 4.39 Å². The predicted octanol–water partition coefficient (Wildman–Crippen LogP) is 4.22. The molecule has 0 saturated carbocycles. The summed E-state index contributed by atoms with van der Waals surface area (Å²) in [6, 6.07) is 5.57. The van der Waals surface area contributed by atoms with Crippen molar-refractivity contribution in [2.24, 2.45) is 0 Å². The number of nitrogens with one attached hydrogen (secondary N) is 1. The number of hydrogen-bond donors (Lipinski definition) is 1. The highest BCUT2D eigenvalue weighted by Crippen LogP contribution is 2.25. The molecule has 1 heterocycles. The molecular weight excluding hydrogens is 287 g/mol. The largest absolute Gasteiger partial charge is 0.310 e. The molecule has 1 aromatic rings. The second-order valence-electron chi connectivity index (χ2n) is 6.21. The van der Waals surface area contributed by atoms with E-state index in [1.54, 1.807) is 6.07 Å². The third kappa shape index (κ3) is 3.97. The summed E-state index contributed by atoms with van der Waals surface area (Å²) in [6.07, 6.45) is 3.38. The molecule has 0 spiro atoms. The summed E-state index contributed by atoms with van der Waals surface area (Å²) < 4.78 is 13.3. The summed E-state index contributed by atoms with van der Waals surface area (Å²) in [6.45, 7) is 9.68. The van der Waals surface area contributed by atoms with Crippen LogP contribution in [0.1, 0.15) is 45.6 Å². The van der Waals surface area contributed by atoms with E-state index < -0.39 is 0 Å². The van der Waals surface area contributed by atoms with Crippen molar-refractivity contribution >= 4 is 11.6 Å². The Hall–Kier alpha value is -0.640. The van der Waals surface area contributed by atoms with Gasteiger partial charge in [0.2, 0.25) is 0 Å². The molecule has 0 amide bonds. The molecule has 21 heavy (non-hydrogen) atoms. The van der Waals surface area contributed by atoms with Gasteiger partial charge in [-0.3, -0.25) is 4.90 Å². The van der Waals surface area contributed by atoms with E-state index in [2.05, 4.69) is 31.0 Å². The van der Waals surface area contributed by atoms with E-state index in [0.29, 0.717) is 6.04 Å². The van der Waals surface area contributed by atoms with Crippen molar-refractivity contribution in [3.8, 4) is 0 Å². The van der Waals surface area contributed by atoms with Gasteiger partial charge in [-0.2, -0.15) is 0 Å². The van der Waals surface area contributed by atoms with E-state index in [1.165, 1.54) is 6.07 Å². The van der Waals surface area contributed by atoms with Crippen molar-refractivity contribution in [2.45, 2.75) is 58.2 Å². The SMILES string of the molecule is CCC1(CC)CN(Cc2ccc(F)c(Cl)c2)C(C)CCN1. The zero-order chi connectivity index (χ0) is 15.5. The van der Waals surface area contributed by atoms with Crippen molar-refractivity contribution in [2.75, 3.05) is 13.1 Å². The van der Waals surface area contributed by atoms with E-state index in [-0.39, 0.29) is 16.4 Å². The first-order chi connectivity index (χ1) is 9.99. The summed E-state index contributed by atoms with van der Waals surface area (Å²) in [4.78, 5) is 2.50. The Morgan fingerprint density at radius 3 is 2.71 bits per heavy atom. The van der Waals surface area contributed by atoms with Crippen LogP contribution in [0.25, 0.3) is 0 Å². The summed E-state index contributed by atoms with van der Waals surface area (Å²) in [5.41, 5.74) is 1.27. The Balaban J connectivity index is 2.16. The molecule has 0 aromatic heterocycles. The Labute approximate surface area is 132 Å². The monoisotopic (exact) mass is 312 g/mol. The molecule has 0 bridgehead atoms. The first-order valence-corrected chi connectivity index (χ1v) is 8.30. The van der Waals surface area contributed by atoms with Crippen molar-refractivity contribution in [1.82, 2.24) is 10.2 Å². The van der Waals surface area contributed by atoms with Gasteiger partial charge in [-0.05, 0) is 50.4 Å². The minimum Gasteiger partial charge on any atom is -0.310 e. The molecule has 4 heteroatoms. The zero-order valence-corrected chi connectivity index (χ0v) is 14.0. The first kappa shape index (κ1) is 16.7. The fourth-order valence-electron chi connectivity index (χ4n) is 3.14. The summed E-state index contributed by atoms with van der Waals surface area (Å²) in [7, 11) is 0. The van der Waals surface area contributed by atoms with Crippen molar-refractivity contribution in [3.63, 3.8) is 0 Å². The molecule has 1 atom stereocenters. The highest BCUT2D eigenvalue weighted by atomic mass is 35.5. The van der Waals surface area contributed by atoms with Crippen LogP contribution in [0.2, 0.25) is 5.02 Å². The maximum Gasteiger partial charge on any atom is 0.141 e. The molecule has 1 fully saturated rings. The van der Waals surface area contributed by atoms with E-state index in [4.69, 9.17) is 11.6 Å². The molecule has 0 aliphatic carbocycles. The van der Waals surface area contributed by atoms with E-state index in [1.807, 2.05) is 6.07 Å². The number of halogens is 2. The van der Waals surface area contributed by atoms with Gasteiger partial charge in [-0.1, -0.05) is 31.5 Å². The molecule has 118 valence electrons. The lowest BCUT2D eigenvalue weighted by Crippen LogP contribution is -2.51. The Bertz CT molecular complexity index is 474. The Morgan fingerprint density at radius 2 is 2.10 bits per heavy atom. The van der Waals surface area contributed by atoms with Crippen LogP contribution >= 0.6 is 11.6 Å². The van der Waals surface area contributed by atoms with Crippen LogP contribution in [0.5, 0.6) is 0 Å². The quantitative estimate of drug-likeness (QED) is 0.895. The maximum absolute atomic E-state index is 13.3. The molecule has 1 aliphatic rings. The van der Waals surface area contributed by atoms with Gasteiger partial charge in [0.15, 0.2) is 0 Å². The van der Waals surface area contributed by atoms with Gasteiger partial charge in [0, 0.05) is 24.7 Å².